The molecule has 1 unspecified atom stereocenters. The van der Waals surface area contributed by atoms with E-state index in [9.17, 15) is 9.18 Å². The van der Waals surface area contributed by atoms with Crippen molar-refractivity contribution in [2.45, 2.75) is 43.9 Å². The Labute approximate surface area is 205 Å². The molecule has 34 heavy (non-hydrogen) atoms. The van der Waals surface area contributed by atoms with Crippen molar-refractivity contribution in [1.82, 2.24) is 5.16 Å². The van der Waals surface area contributed by atoms with Gasteiger partial charge in [-0.2, -0.15) is 0 Å². The maximum Gasteiger partial charge on any atom is 0.338 e. The lowest BCUT2D eigenvalue weighted by molar-refractivity contribution is -0.0952. The van der Waals surface area contributed by atoms with Crippen molar-refractivity contribution < 1.29 is 23.6 Å². The van der Waals surface area contributed by atoms with Gasteiger partial charge in [-0.15, -0.1) is 0 Å². The molecule has 9 heteroatoms. The van der Waals surface area contributed by atoms with Crippen LogP contribution >= 0.6 is 23.2 Å². The summed E-state index contributed by atoms with van der Waals surface area (Å²) in [7, 11) is 0. The SMILES string of the molecule is O=C(O)c1ccc(N2CC3[C@H]2C[C@H]3OCc2c(-c3c(Cl)cccc3Cl)noc2C2CC2)cc1F. The van der Waals surface area contributed by atoms with Crippen LogP contribution in [0.25, 0.3) is 11.3 Å². The second kappa shape index (κ2) is 8.26. The first-order chi connectivity index (χ1) is 16.4. The summed E-state index contributed by atoms with van der Waals surface area (Å²) in [6.45, 7) is 1.10. The van der Waals surface area contributed by atoms with Crippen LogP contribution in [0.1, 0.15) is 46.9 Å². The van der Waals surface area contributed by atoms with Crippen LogP contribution < -0.4 is 4.90 Å². The molecule has 1 saturated heterocycles. The first-order valence-corrected chi connectivity index (χ1v) is 12.0. The summed E-state index contributed by atoms with van der Waals surface area (Å²) in [6.07, 6.45) is 3.04. The monoisotopic (exact) mass is 502 g/mol. The number of rotatable bonds is 7. The zero-order valence-electron chi connectivity index (χ0n) is 18.0. The average Bonchev–Trinajstić information content (AvgIpc) is 3.55. The Hall–Kier alpha value is -2.61. The van der Waals surface area contributed by atoms with Gasteiger partial charge >= 0.3 is 5.97 Å². The number of aromatic carboxylic acids is 1. The summed E-state index contributed by atoms with van der Waals surface area (Å²) in [5.41, 5.74) is 2.59. The van der Waals surface area contributed by atoms with Crippen LogP contribution in [0.5, 0.6) is 0 Å². The van der Waals surface area contributed by atoms with Crippen molar-refractivity contribution in [3.05, 3.63) is 69.1 Å². The molecule has 1 aliphatic heterocycles. The smallest absolute Gasteiger partial charge is 0.338 e. The third-order valence-corrected chi connectivity index (χ3v) is 7.81. The number of benzene rings is 2. The molecule has 2 saturated carbocycles. The lowest BCUT2D eigenvalue weighted by Crippen LogP contribution is -2.69. The Morgan fingerprint density at radius 1 is 1.24 bits per heavy atom. The largest absolute Gasteiger partial charge is 0.478 e. The molecule has 1 N–H and O–H groups in total. The van der Waals surface area contributed by atoms with Crippen molar-refractivity contribution >= 4 is 34.9 Å². The van der Waals surface area contributed by atoms with Crippen LogP contribution in [-0.2, 0) is 11.3 Å². The second-order valence-electron chi connectivity index (χ2n) is 9.18. The predicted octanol–water partition coefficient (Wildman–Crippen LogP) is 6.16. The molecule has 6 rings (SSSR count). The fourth-order valence-electron chi connectivity index (χ4n) is 5.04. The molecule has 2 heterocycles. The van der Waals surface area contributed by atoms with E-state index in [0.29, 0.717) is 45.4 Å². The van der Waals surface area contributed by atoms with Crippen LogP contribution in [0.15, 0.2) is 40.9 Å². The Morgan fingerprint density at radius 3 is 2.62 bits per heavy atom. The van der Waals surface area contributed by atoms with Gasteiger partial charge in [-0.3, -0.25) is 0 Å². The maximum absolute atomic E-state index is 14.1. The van der Waals surface area contributed by atoms with Gasteiger partial charge in [-0.25, -0.2) is 9.18 Å². The van der Waals surface area contributed by atoms with Gasteiger partial charge < -0.3 is 19.3 Å². The minimum atomic E-state index is -1.26. The highest BCUT2D eigenvalue weighted by Gasteiger charge is 2.53. The number of hydrogen-bond donors (Lipinski definition) is 1. The van der Waals surface area contributed by atoms with E-state index < -0.39 is 11.8 Å². The minimum absolute atomic E-state index is 0.0842. The Morgan fingerprint density at radius 2 is 2.00 bits per heavy atom. The van der Waals surface area contributed by atoms with Gasteiger partial charge in [-0.1, -0.05) is 34.4 Å². The third kappa shape index (κ3) is 3.58. The van der Waals surface area contributed by atoms with Crippen LogP contribution in [-0.4, -0.2) is 34.9 Å². The van der Waals surface area contributed by atoms with E-state index in [1.807, 2.05) is 0 Å². The molecule has 3 fully saturated rings. The lowest BCUT2D eigenvalue weighted by atomic mass is 9.68. The third-order valence-electron chi connectivity index (χ3n) is 7.18. The highest BCUT2D eigenvalue weighted by atomic mass is 35.5. The molecule has 2 aliphatic carbocycles. The first kappa shape index (κ1) is 21.9. The van der Waals surface area contributed by atoms with Crippen molar-refractivity contribution in [2.75, 3.05) is 11.4 Å². The molecule has 1 aromatic heterocycles. The zero-order valence-corrected chi connectivity index (χ0v) is 19.5. The number of piperidine rings is 1. The van der Waals surface area contributed by atoms with Crippen LogP contribution in [0.3, 0.4) is 0 Å². The molecular weight excluding hydrogens is 482 g/mol. The average molecular weight is 503 g/mol. The molecule has 3 aromatic rings. The number of carboxylic acids is 1. The highest BCUT2D eigenvalue weighted by molar-refractivity contribution is 6.39. The van der Waals surface area contributed by atoms with Crippen LogP contribution in [0.4, 0.5) is 10.1 Å². The molecule has 176 valence electrons. The number of carbonyl (C=O) groups is 1. The summed E-state index contributed by atoms with van der Waals surface area (Å²) in [6, 6.07) is 9.91. The molecule has 0 radical (unpaired) electrons. The summed E-state index contributed by atoms with van der Waals surface area (Å²) in [5.74, 6) is -0.422. The zero-order chi connectivity index (χ0) is 23.6. The van der Waals surface area contributed by atoms with Crippen LogP contribution in [0.2, 0.25) is 10.0 Å². The quantitative estimate of drug-likeness (QED) is 0.417. The Kier molecular flexibility index (Phi) is 5.32. The molecule has 3 atom stereocenters. The second-order valence-corrected chi connectivity index (χ2v) is 10.00. The van der Waals surface area contributed by atoms with Crippen molar-refractivity contribution in [1.29, 1.82) is 0 Å². The fraction of sp³-hybridized carbons (Fsp3) is 0.360. The number of carboxylic acid groups (broad SMARTS) is 1. The van der Waals surface area contributed by atoms with Gasteiger partial charge in [0.05, 0.1) is 28.3 Å². The van der Waals surface area contributed by atoms with Gasteiger partial charge in [0.2, 0.25) is 0 Å². The van der Waals surface area contributed by atoms with E-state index in [1.165, 1.54) is 12.1 Å². The topological polar surface area (TPSA) is 75.8 Å². The van der Waals surface area contributed by atoms with E-state index in [2.05, 4.69) is 10.1 Å². The summed E-state index contributed by atoms with van der Waals surface area (Å²) < 4.78 is 26.1. The number of aromatic nitrogens is 1. The minimum Gasteiger partial charge on any atom is -0.478 e. The summed E-state index contributed by atoms with van der Waals surface area (Å²) in [5, 5.41) is 14.4. The highest BCUT2D eigenvalue weighted by Crippen LogP contribution is 2.49. The normalized spacial score (nSPS) is 23.3. The lowest BCUT2D eigenvalue weighted by Gasteiger charge is -2.60. The standard InChI is InChI=1S/C25H21Cl2FN2O4/c26-17-2-1-3-18(27)22(17)23-16(24(34-29-23)12-4-5-12)11-33-21-9-20-15(21)10-30(20)13-6-7-14(25(31)32)19(28)8-13/h1-3,6-8,12,15,20-21H,4-5,9-11H2,(H,31,32)/t15?,20-,21-/m1/s1. The van der Waals surface area contributed by atoms with E-state index in [0.717, 1.165) is 37.1 Å². The number of halogens is 3. The molecule has 6 nitrogen and oxygen atoms in total. The molecule has 3 aliphatic rings. The Bertz CT molecular complexity index is 1270. The van der Waals surface area contributed by atoms with Gasteiger partial charge in [0.25, 0.3) is 0 Å². The molecule has 0 spiro atoms. The first-order valence-electron chi connectivity index (χ1n) is 11.3. The van der Waals surface area contributed by atoms with Gasteiger partial charge in [-0.05, 0) is 49.6 Å². The number of nitrogens with zero attached hydrogens (tertiary/aromatic N) is 2. The van der Waals surface area contributed by atoms with Gasteiger partial charge in [0.15, 0.2) is 0 Å². The molecule has 0 bridgehead atoms. The predicted molar refractivity (Wildman–Crippen MR) is 125 cm³/mol. The van der Waals surface area contributed by atoms with Crippen molar-refractivity contribution in [3.8, 4) is 11.3 Å². The fourth-order valence-corrected chi connectivity index (χ4v) is 5.62. The van der Waals surface area contributed by atoms with Crippen molar-refractivity contribution in [3.63, 3.8) is 0 Å². The van der Waals surface area contributed by atoms with Gasteiger partial charge in [0, 0.05) is 41.2 Å². The van der Waals surface area contributed by atoms with E-state index in [-0.39, 0.29) is 17.7 Å². The summed E-state index contributed by atoms with van der Waals surface area (Å²) >= 11 is 12.9. The Balaban J connectivity index is 1.15. The van der Waals surface area contributed by atoms with Crippen LogP contribution in [0, 0.1) is 11.7 Å². The van der Waals surface area contributed by atoms with E-state index in [1.54, 1.807) is 24.3 Å². The van der Waals surface area contributed by atoms with Gasteiger partial charge in [0.1, 0.15) is 17.3 Å². The van der Waals surface area contributed by atoms with Crippen molar-refractivity contribution in [2.24, 2.45) is 5.92 Å². The maximum atomic E-state index is 14.1. The summed E-state index contributed by atoms with van der Waals surface area (Å²) in [4.78, 5) is 13.2. The number of hydrogen-bond acceptors (Lipinski definition) is 5. The number of anilines is 1. The number of fused-ring (bicyclic) bond motifs is 1. The van der Waals surface area contributed by atoms with E-state index in [4.69, 9.17) is 37.6 Å². The van der Waals surface area contributed by atoms with E-state index >= 15 is 0 Å². The molecular formula is C25H21Cl2FN2O4. The number of ether oxygens (including phenoxy) is 1. The molecule has 2 aromatic carbocycles. The molecule has 0 amide bonds.